The maximum atomic E-state index is 13.6. The molecule has 6 nitrogen and oxygen atoms in total. The molecule has 4 rings (SSSR count). The van der Waals surface area contributed by atoms with Crippen molar-refractivity contribution in [2.45, 2.75) is 32.1 Å². The summed E-state index contributed by atoms with van der Waals surface area (Å²) in [5, 5.41) is 13.7. The maximum absolute atomic E-state index is 13.6. The van der Waals surface area contributed by atoms with Crippen molar-refractivity contribution in [1.82, 2.24) is 14.7 Å². The van der Waals surface area contributed by atoms with Gasteiger partial charge in [-0.05, 0) is 50.3 Å². The molecule has 2 aliphatic rings. The van der Waals surface area contributed by atoms with Crippen molar-refractivity contribution in [1.29, 1.82) is 0 Å². The van der Waals surface area contributed by atoms with E-state index >= 15 is 0 Å². The molecular formula is C19H20FN3O3. The minimum Gasteiger partial charge on any atom is -0.481 e. The molecule has 2 heterocycles. The molecule has 0 unspecified atom stereocenters. The molecule has 2 aromatic rings. The van der Waals surface area contributed by atoms with E-state index in [4.69, 9.17) is 0 Å². The molecule has 0 spiro atoms. The van der Waals surface area contributed by atoms with E-state index in [1.165, 1.54) is 12.1 Å². The smallest absolute Gasteiger partial charge is 0.308 e. The van der Waals surface area contributed by atoms with E-state index in [-0.39, 0.29) is 18.3 Å². The van der Waals surface area contributed by atoms with E-state index in [1.807, 2.05) is 0 Å². The van der Waals surface area contributed by atoms with Crippen molar-refractivity contribution in [2.24, 2.45) is 5.92 Å². The number of benzene rings is 1. The summed E-state index contributed by atoms with van der Waals surface area (Å²) < 4.78 is 15.3. The van der Waals surface area contributed by atoms with Crippen LogP contribution in [0.5, 0.6) is 0 Å². The van der Waals surface area contributed by atoms with Crippen molar-refractivity contribution >= 4 is 11.9 Å². The van der Waals surface area contributed by atoms with Gasteiger partial charge in [-0.25, -0.2) is 9.07 Å². The number of piperidine rings is 1. The molecule has 1 fully saturated rings. The lowest BCUT2D eigenvalue weighted by Crippen LogP contribution is -2.42. The Morgan fingerprint density at radius 2 is 2.08 bits per heavy atom. The number of hydrogen-bond donors (Lipinski definition) is 1. The summed E-state index contributed by atoms with van der Waals surface area (Å²) in [6, 6.07) is 6.17. The number of halogens is 1. The lowest BCUT2D eigenvalue weighted by Gasteiger charge is -2.30. The van der Waals surface area contributed by atoms with Gasteiger partial charge < -0.3 is 10.0 Å². The number of rotatable bonds is 3. The first-order valence-corrected chi connectivity index (χ1v) is 8.93. The zero-order valence-electron chi connectivity index (χ0n) is 14.3. The van der Waals surface area contributed by atoms with Crippen LogP contribution >= 0.6 is 0 Å². The number of nitrogens with zero attached hydrogens (tertiary/aromatic N) is 3. The fourth-order valence-electron chi connectivity index (χ4n) is 3.94. The highest BCUT2D eigenvalue weighted by atomic mass is 19.1. The molecule has 1 atom stereocenters. The predicted octanol–water partition coefficient (Wildman–Crippen LogP) is 2.44. The molecule has 0 radical (unpaired) electrons. The van der Waals surface area contributed by atoms with Crippen LogP contribution in [-0.4, -0.2) is 44.8 Å². The number of likely N-dealkylation sites (tertiary alicyclic amines) is 1. The van der Waals surface area contributed by atoms with E-state index < -0.39 is 11.9 Å². The van der Waals surface area contributed by atoms with Gasteiger partial charge in [0.15, 0.2) is 5.69 Å². The van der Waals surface area contributed by atoms with Crippen LogP contribution in [0.3, 0.4) is 0 Å². The molecule has 1 aliphatic heterocycles. The number of carboxylic acids is 1. The predicted molar refractivity (Wildman–Crippen MR) is 91.8 cm³/mol. The summed E-state index contributed by atoms with van der Waals surface area (Å²) in [6.45, 7) is 0.764. The lowest BCUT2D eigenvalue weighted by molar-refractivity contribution is -0.143. The van der Waals surface area contributed by atoms with Crippen molar-refractivity contribution in [3.8, 4) is 5.69 Å². The van der Waals surface area contributed by atoms with Crippen LogP contribution < -0.4 is 0 Å². The van der Waals surface area contributed by atoms with Crippen molar-refractivity contribution < 1.29 is 19.1 Å². The SMILES string of the molecule is O=C(O)[C@H]1CCCN(C(=O)c2nn(-c3cccc(F)c3)c3c2CCC3)C1. The highest BCUT2D eigenvalue weighted by Crippen LogP contribution is 2.29. The second-order valence-corrected chi connectivity index (χ2v) is 6.95. The molecule has 1 N–H and O–H groups in total. The third kappa shape index (κ3) is 2.87. The fraction of sp³-hybridized carbons (Fsp3) is 0.421. The quantitative estimate of drug-likeness (QED) is 0.915. The molecule has 26 heavy (non-hydrogen) atoms. The monoisotopic (exact) mass is 357 g/mol. The van der Waals surface area contributed by atoms with Gasteiger partial charge >= 0.3 is 5.97 Å². The Hall–Kier alpha value is -2.70. The number of hydrogen-bond acceptors (Lipinski definition) is 3. The van der Waals surface area contributed by atoms with Gasteiger partial charge in [-0.15, -0.1) is 0 Å². The molecule has 1 aromatic carbocycles. The van der Waals surface area contributed by atoms with Gasteiger partial charge in [0, 0.05) is 24.3 Å². The Bertz CT molecular complexity index is 877. The summed E-state index contributed by atoms with van der Waals surface area (Å²) in [4.78, 5) is 25.9. The number of amides is 1. The molecule has 0 bridgehead atoms. The van der Waals surface area contributed by atoms with E-state index in [0.29, 0.717) is 30.8 Å². The summed E-state index contributed by atoms with van der Waals surface area (Å²) in [7, 11) is 0. The van der Waals surface area contributed by atoms with Crippen LogP contribution in [0.2, 0.25) is 0 Å². The molecule has 1 saturated heterocycles. The molecule has 1 aliphatic carbocycles. The summed E-state index contributed by atoms with van der Waals surface area (Å²) >= 11 is 0. The minimum absolute atomic E-state index is 0.218. The summed E-state index contributed by atoms with van der Waals surface area (Å²) in [5.74, 6) is -1.95. The molecule has 7 heteroatoms. The van der Waals surface area contributed by atoms with E-state index in [0.717, 1.165) is 30.5 Å². The van der Waals surface area contributed by atoms with Gasteiger partial charge in [0.2, 0.25) is 0 Å². The Labute approximate surface area is 150 Å². The third-order valence-electron chi connectivity index (χ3n) is 5.24. The Kier molecular flexibility index (Phi) is 4.22. The van der Waals surface area contributed by atoms with Gasteiger partial charge in [0.25, 0.3) is 5.91 Å². The van der Waals surface area contributed by atoms with Crippen molar-refractivity contribution in [3.63, 3.8) is 0 Å². The van der Waals surface area contributed by atoms with E-state index in [9.17, 15) is 19.1 Å². The average molecular weight is 357 g/mol. The number of aromatic nitrogens is 2. The molecule has 1 aromatic heterocycles. The van der Waals surface area contributed by atoms with Gasteiger partial charge in [0.05, 0.1) is 11.6 Å². The van der Waals surface area contributed by atoms with Crippen molar-refractivity contribution in [3.05, 3.63) is 47.0 Å². The average Bonchev–Trinajstić information content (AvgIpc) is 3.23. The molecule has 0 saturated carbocycles. The fourth-order valence-corrected chi connectivity index (χ4v) is 3.94. The van der Waals surface area contributed by atoms with E-state index in [1.54, 1.807) is 21.7 Å². The zero-order chi connectivity index (χ0) is 18.3. The molecule has 1 amide bonds. The topological polar surface area (TPSA) is 75.4 Å². The summed E-state index contributed by atoms with van der Waals surface area (Å²) in [5.41, 5.74) is 2.85. The highest BCUT2D eigenvalue weighted by molar-refractivity contribution is 5.94. The van der Waals surface area contributed by atoms with Crippen molar-refractivity contribution in [2.75, 3.05) is 13.1 Å². The van der Waals surface area contributed by atoms with E-state index in [2.05, 4.69) is 5.10 Å². The van der Waals surface area contributed by atoms with Crippen LogP contribution in [0, 0.1) is 11.7 Å². The zero-order valence-corrected chi connectivity index (χ0v) is 14.3. The maximum Gasteiger partial charge on any atom is 0.308 e. The number of carbonyl (C=O) groups excluding carboxylic acids is 1. The number of carbonyl (C=O) groups is 2. The van der Waals surface area contributed by atoms with Gasteiger partial charge in [0.1, 0.15) is 5.82 Å². The Balaban J connectivity index is 1.68. The van der Waals surface area contributed by atoms with Crippen LogP contribution in [0.15, 0.2) is 24.3 Å². The number of carboxylic acid groups (broad SMARTS) is 1. The first kappa shape index (κ1) is 16.8. The molecular weight excluding hydrogens is 337 g/mol. The standard InChI is InChI=1S/C19H20FN3O3/c20-13-5-1-6-14(10-13)23-16-8-2-7-15(16)17(21-23)18(24)22-9-3-4-12(11-22)19(25)26/h1,5-6,10,12H,2-4,7-9,11H2,(H,25,26)/t12-/m0/s1. The first-order valence-electron chi connectivity index (χ1n) is 8.93. The van der Waals surface area contributed by atoms with Crippen LogP contribution in [0.25, 0.3) is 5.69 Å². The highest BCUT2D eigenvalue weighted by Gasteiger charge is 2.33. The number of fused-ring (bicyclic) bond motifs is 1. The second-order valence-electron chi connectivity index (χ2n) is 6.95. The lowest BCUT2D eigenvalue weighted by atomic mass is 9.98. The normalized spacial score (nSPS) is 19.4. The second kappa shape index (κ2) is 6.55. The van der Waals surface area contributed by atoms with Gasteiger partial charge in [-0.2, -0.15) is 5.10 Å². The Morgan fingerprint density at radius 3 is 2.85 bits per heavy atom. The Morgan fingerprint density at radius 1 is 1.23 bits per heavy atom. The third-order valence-corrected chi connectivity index (χ3v) is 5.24. The minimum atomic E-state index is -0.863. The molecule has 136 valence electrons. The van der Waals surface area contributed by atoms with Crippen LogP contribution in [-0.2, 0) is 17.6 Å². The largest absolute Gasteiger partial charge is 0.481 e. The number of aliphatic carboxylic acids is 1. The van der Waals surface area contributed by atoms with Gasteiger partial charge in [-0.1, -0.05) is 6.07 Å². The van der Waals surface area contributed by atoms with Gasteiger partial charge in [-0.3, -0.25) is 9.59 Å². The first-order chi connectivity index (χ1) is 12.5. The van der Waals surface area contributed by atoms with Crippen LogP contribution in [0.1, 0.15) is 41.0 Å². The summed E-state index contributed by atoms with van der Waals surface area (Å²) in [6.07, 6.45) is 3.76. The van der Waals surface area contributed by atoms with Crippen LogP contribution in [0.4, 0.5) is 4.39 Å².